The van der Waals surface area contributed by atoms with Crippen molar-refractivity contribution in [2.75, 3.05) is 42.3 Å². The Morgan fingerprint density at radius 1 is 1.23 bits per heavy atom. The molecule has 1 saturated heterocycles. The van der Waals surface area contributed by atoms with Gasteiger partial charge in [-0.3, -0.25) is 0 Å². The number of hydrogen-bond donors (Lipinski definition) is 2. The summed E-state index contributed by atoms with van der Waals surface area (Å²) in [6, 6.07) is 7.59. The van der Waals surface area contributed by atoms with Gasteiger partial charge in [0, 0.05) is 42.1 Å². The Labute approximate surface area is 134 Å². The van der Waals surface area contributed by atoms with E-state index in [2.05, 4.69) is 20.2 Å². The minimum atomic E-state index is 0.289. The number of nitrogen functional groups attached to an aromatic ring is 1. The Morgan fingerprint density at radius 2 is 1.95 bits per heavy atom. The SMILES string of the molecule is Nc1ncc(CNc2ccc(Cl)cc2)c(N2CCOCC2)n1. The van der Waals surface area contributed by atoms with Gasteiger partial charge in [-0.15, -0.1) is 0 Å². The smallest absolute Gasteiger partial charge is 0.221 e. The van der Waals surface area contributed by atoms with Crippen LogP contribution in [-0.2, 0) is 11.3 Å². The third-order valence-electron chi connectivity index (χ3n) is 3.50. The highest BCUT2D eigenvalue weighted by molar-refractivity contribution is 6.30. The first kappa shape index (κ1) is 14.9. The number of benzene rings is 1. The van der Waals surface area contributed by atoms with Crippen LogP contribution < -0.4 is 16.0 Å². The second-order valence-corrected chi connectivity index (χ2v) is 5.47. The summed E-state index contributed by atoms with van der Waals surface area (Å²) in [5.41, 5.74) is 7.74. The highest BCUT2D eigenvalue weighted by Gasteiger charge is 2.17. The highest BCUT2D eigenvalue weighted by Crippen LogP contribution is 2.21. The normalized spacial score (nSPS) is 14.9. The maximum absolute atomic E-state index is 5.89. The van der Waals surface area contributed by atoms with Crippen molar-refractivity contribution in [2.45, 2.75) is 6.54 Å². The molecule has 0 aliphatic carbocycles. The predicted octanol–water partition coefficient (Wildman–Crippen LogP) is 2.16. The predicted molar refractivity (Wildman–Crippen MR) is 88.3 cm³/mol. The van der Waals surface area contributed by atoms with Crippen LogP contribution in [0.25, 0.3) is 0 Å². The van der Waals surface area contributed by atoms with Gasteiger partial charge >= 0.3 is 0 Å². The fourth-order valence-corrected chi connectivity index (χ4v) is 2.48. The van der Waals surface area contributed by atoms with Crippen LogP contribution in [0.2, 0.25) is 5.02 Å². The van der Waals surface area contributed by atoms with E-state index in [-0.39, 0.29) is 5.95 Å². The molecule has 1 fully saturated rings. The monoisotopic (exact) mass is 319 g/mol. The van der Waals surface area contributed by atoms with E-state index < -0.39 is 0 Å². The molecule has 1 aromatic heterocycles. The first-order valence-corrected chi connectivity index (χ1v) is 7.54. The standard InChI is InChI=1S/C15H18ClN5O/c16-12-1-3-13(4-2-12)18-9-11-10-19-15(17)20-14(11)21-5-7-22-8-6-21/h1-4,10,18H,5-9H2,(H2,17,19,20). The van der Waals surface area contributed by atoms with Gasteiger partial charge in [0.2, 0.25) is 5.95 Å². The number of rotatable bonds is 4. The molecule has 0 unspecified atom stereocenters. The van der Waals surface area contributed by atoms with E-state index in [1.54, 1.807) is 6.20 Å². The zero-order valence-electron chi connectivity index (χ0n) is 12.1. The number of morpholine rings is 1. The van der Waals surface area contributed by atoms with Crippen LogP contribution >= 0.6 is 11.6 Å². The van der Waals surface area contributed by atoms with Gasteiger partial charge in [-0.1, -0.05) is 11.6 Å². The highest BCUT2D eigenvalue weighted by atomic mass is 35.5. The molecule has 1 aliphatic heterocycles. The van der Waals surface area contributed by atoms with Gasteiger partial charge in [0.15, 0.2) is 0 Å². The molecule has 6 nitrogen and oxygen atoms in total. The van der Waals surface area contributed by atoms with E-state index in [1.165, 1.54) is 0 Å². The maximum Gasteiger partial charge on any atom is 0.221 e. The zero-order valence-corrected chi connectivity index (χ0v) is 12.9. The molecule has 2 heterocycles. The third-order valence-corrected chi connectivity index (χ3v) is 3.75. The molecule has 1 aromatic carbocycles. The van der Waals surface area contributed by atoms with E-state index in [1.807, 2.05) is 24.3 Å². The number of aromatic nitrogens is 2. The summed E-state index contributed by atoms with van der Waals surface area (Å²) in [7, 11) is 0. The molecule has 3 N–H and O–H groups in total. The van der Waals surface area contributed by atoms with Gasteiger partial charge in [-0.25, -0.2) is 4.98 Å². The molecule has 3 rings (SSSR count). The van der Waals surface area contributed by atoms with E-state index in [0.717, 1.165) is 35.2 Å². The average Bonchev–Trinajstić information content (AvgIpc) is 2.56. The molecule has 0 spiro atoms. The quantitative estimate of drug-likeness (QED) is 0.899. The Kier molecular flexibility index (Phi) is 4.60. The topological polar surface area (TPSA) is 76.3 Å². The van der Waals surface area contributed by atoms with Crippen LogP contribution in [0.3, 0.4) is 0 Å². The van der Waals surface area contributed by atoms with Crippen LogP contribution in [0, 0.1) is 0 Å². The molecule has 7 heteroatoms. The third kappa shape index (κ3) is 3.58. The van der Waals surface area contributed by atoms with Gasteiger partial charge in [0.1, 0.15) is 5.82 Å². The minimum absolute atomic E-state index is 0.289. The van der Waals surface area contributed by atoms with Gasteiger partial charge in [-0.05, 0) is 24.3 Å². The van der Waals surface area contributed by atoms with Gasteiger partial charge in [-0.2, -0.15) is 4.98 Å². The number of halogens is 1. The summed E-state index contributed by atoms with van der Waals surface area (Å²) >= 11 is 5.89. The van der Waals surface area contributed by atoms with Crippen LogP contribution in [0.15, 0.2) is 30.5 Å². The molecule has 116 valence electrons. The lowest BCUT2D eigenvalue weighted by atomic mass is 10.2. The fraction of sp³-hybridized carbons (Fsp3) is 0.333. The summed E-state index contributed by atoms with van der Waals surface area (Å²) in [5, 5.41) is 4.07. The summed E-state index contributed by atoms with van der Waals surface area (Å²) in [4.78, 5) is 10.7. The molecular formula is C15H18ClN5O. The molecule has 0 atom stereocenters. The average molecular weight is 320 g/mol. The molecule has 2 aromatic rings. The summed E-state index contributed by atoms with van der Waals surface area (Å²) < 4.78 is 5.39. The van der Waals surface area contributed by atoms with Crippen LogP contribution in [-0.4, -0.2) is 36.3 Å². The summed E-state index contributed by atoms with van der Waals surface area (Å²) in [6.45, 7) is 3.64. The van der Waals surface area contributed by atoms with Crippen molar-refractivity contribution in [2.24, 2.45) is 0 Å². The first-order chi connectivity index (χ1) is 10.7. The van der Waals surface area contributed by atoms with E-state index in [0.29, 0.717) is 19.8 Å². The molecule has 0 amide bonds. The van der Waals surface area contributed by atoms with E-state index in [4.69, 9.17) is 22.1 Å². The summed E-state index contributed by atoms with van der Waals surface area (Å²) in [5.74, 6) is 1.16. The molecule has 0 bridgehead atoms. The van der Waals surface area contributed by atoms with Crippen molar-refractivity contribution in [1.82, 2.24) is 9.97 Å². The van der Waals surface area contributed by atoms with Gasteiger partial charge in [0.25, 0.3) is 0 Å². The number of hydrogen-bond acceptors (Lipinski definition) is 6. The lowest BCUT2D eigenvalue weighted by molar-refractivity contribution is 0.122. The van der Waals surface area contributed by atoms with Crippen LogP contribution in [0.4, 0.5) is 17.5 Å². The van der Waals surface area contributed by atoms with Crippen molar-refractivity contribution in [3.63, 3.8) is 0 Å². The van der Waals surface area contributed by atoms with Gasteiger partial charge in [0.05, 0.1) is 13.2 Å². The lowest BCUT2D eigenvalue weighted by Gasteiger charge is -2.29. The second-order valence-electron chi connectivity index (χ2n) is 5.04. The van der Waals surface area contributed by atoms with Crippen molar-refractivity contribution in [3.05, 3.63) is 41.0 Å². The molecule has 0 radical (unpaired) electrons. The Morgan fingerprint density at radius 3 is 2.68 bits per heavy atom. The fourth-order valence-electron chi connectivity index (χ4n) is 2.35. The van der Waals surface area contributed by atoms with Crippen LogP contribution in [0.5, 0.6) is 0 Å². The minimum Gasteiger partial charge on any atom is -0.381 e. The maximum atomic E-state index is 5.89. The van der Waals surface area contributed by atoms with Crippen molar-refractivity contribution < 1.29 is 4.74 Å². The van der Waals surface area contributed by atoms with Crippen molar-refractivity contribution >= 4 is 29.1 Å². The summed E-state index contributed by atoms with van der Waals surface area (Å²) in [6.07, 6.45) is 1.77. The van der Waals surface area contributed by atoms with Crippen molar-refractivity contribution in [3.8, 4) is 0 Å². The van der Waals surface area contributed by atoms with Crippen LogP contribution in [0.1, 0.15) is 5.56 Å². The Bertz CT molecular complexity index is 628. The lowest BCUT2D eigenvalue weighted by Crippen LogP contribution is -2.37. The largest absolute Gasteiger partial charge is 0.381 e. The number of nitrogens with one attached hydrogen (secondary N) is 1. The Hall–Kier alpha value is -2.05. The number of nitrogens with zero attached hydrogens (tertiary/aromatic N) is 3. The van der Waals surface area contributed by atoms with Crippen molar-refractivity contribution in [1.29, 1.82) is 0 Å². The molecular weight excluding hydrogens is 302 g/mol. The zero-order chi connectivity index (χ0) is 15.4. The molecule has 22 heavy (non-hydrogen) atoms. The number of anilines is 3. The first-order valence-electron chi connectivity index (χ1n) is 7.16. The number of ether oxygens (including phenoxy) is 1. The second kappa shape index (κ2) is 6.81. The molecule has 0 saturated carbocycles. The van der Waals surface area contributed by atoms with Gasteiger partial charge < -0.3 is 20.7 Å². The Balaban J connectivity index is 1.76. The molecule has 1 aliphatic rings. The number of nitrogens with two attached hydrogens (primary N) is 1. The van der Waals surface area contributed by atoms with E-state index in [9.17, 15) is 0 Å². The van der Waals surface area contributed by atoms with E-state index >= 15 is 0 Å².